The lowest BCUT2D eigenvalue weighted by molar-refractivity contribution is -0.136. The number of pyridine rings is 2. The van der Waals surface area contributed by atoms with Crippen molar-refractivity contribution in [2.75, 3.05) is 0 Å². The number of benzene rings is 1. The van der Waals surface area contributed by atoms with Crippen LogP contribution < -0.4 is 0 Å². The summed E-state index contributed by atoms with van der Waals surface area (Å²) >= 11 is 12.9. The largest absolute Gasteiger partial charge is 0.477 e. The Bertz CT molecular complexity index is 1860. The number of carbonyl (C=O) groups is 1. The van der Waals surface area contributed by atoms with E-state index >= 15 is 0 Å². The van der Waals surface area contributed by atoms with Gasteiger partial charge in [0.1, 0.15) is 17.1 Å². The summed E-state index contributed by atoms with van der Waals surface area (Å²) in [6.07, 6.45) is 4.05. The van der Waals surface area contributed by atoms with Crippen LogP contribution in [0.25, 0.3) is 22.2 Å². The van der Waals surface area contributed by atoms with E-state index in [0.29, 0.717) is 38.9 Å². The van der Waals surface area contributed by atoms with Gasteiger partial charge >= 0.3 is 12.1 Å². The maximum Gasteiger partial charge on any atom is 0.417 e. The third-order valence-electron chi connectivity index (χ3n) is 9.13. The first-order valence-corrected chi connectivity index (χ1v) is 15.8. The second-order valence-corrected chi connectivity index (χ2v) is 13.2. The lowest BCUT2D eigenvalue weighted by Gasteiger charge is -2.42. The van der Waals surface area contributed by atoms with Gasteiger partial charge < -0.3 is 14.4 Å². The standard InChI is InChI=1S/C34H30Cl2F3N3O4/c1-3-33(45-18-22-29(42-46-30(22)20-5-6-20)28-24(35)16-40-17-25(28)36)12-10-32(2,11-13-33)9-8-19-4-7-26-21(14-19)23(34(37,38)39)15-27(41-26)31(43)44/h4,7,14-17,20H,3,5-6,10-13,18H2,1-2H3,(H,43,44). The Hall–Kier alpha value is -3.65. The topological polar surface area (TPSA) is 98.3 Å². The van der Waals surface area contributed by atoms with Gasteiger partial charge in [-0.2, -0.15) is 13.2 Å². The SMILES string of the molecule is CCC1(OCc2c(-c3c(Cl)cncc3Cl)noc2C2CC2)CCC(C)(C#Cc2ccc3nc(C(=O)O)cc(C(F)(F)F)c3c2)CC1. The third kappa shape index (κ3) is 6.46. The molecule has 0 radical (unpaired) electrons. The average Bonchev–Trinajstić information content (AvgIpc) is 3.78. The molecule has 0 bridgehead atoms. The Morgan fingerprint density at radius 3 is 2.43 bits per heavy atom. The second kappa shape index (κ2) is 12.2. The molecule has 0 unspecified atom stereocenters. The van der Waals surface area contributed by atoms with Gasteiger partial charge in [-0.1, -0.05) is 47.1 Å². The second-order valence-electron chi connectivity index (χ2n) is 12.4. The zero-order valence-corrected chi connectivity index (χ0v) is 26.6. The van der Waals surface area contributed by atoms with Gasteiger partial charge in [-0.05, 0) is 76.1 Å². The van der Waals surface area contributed by atoms with Crippen molar-refractivity contribution in [3.05, 3.63) is 74.8 Å². The number of rotatable bonds is 7. The van der Waals surface area contributed by atoms with Crippen molar-refractivity contribution in [3.8, 4) is 23.1 Å². The van der Waals surface area contributed by atoms with Crippen LogP contribution in [0.5, 0.6) is 0 Å². The highest BCUT2D eigenvalue weighted by atomic mass is 35.5. The number of carboxylic acids is 1. The first-order valence-electron chi connectivity index (χ1n) is 15.0. The van der Waals surface area contributed by atoms with E-state index in [2.05, 4.69) is 40.8 Å². The van der Waals surface area contributed by atoms with Crippen LogP contribution in [0.15, 0.2) is 41.2 Å². The van der Waals surface area contributed by atoms with E-state index < -0.39 is 29.0 Å². The molecule has 0 spiro atoms. The van der Waals surface area contributed by atoms with Crippen LogP contribution in [-0.4, -0.2) is 31.8 Å². The van der Waals surface area contributed by atoms with Crippen LogP contribution in [0.4, 0.5) is 13.2 Å². The van der Waals surface area contributed by atoms with Crippen molar-refractivity contribution in [3.63, 3.8) is 0 Å². The molecule has 7 nitrogen and oxygen atoms in total. The maximum atomic E-state index is 13.8. The molecule has 2 aliphatic carbocycles. The van der Waals surface area contributed by atoms with Crippen molar-refractivity contribution >= 4 is 40.1 Å². The minimum absolute atomic E-state index is 0.0548. The van der Waals surface area contributed by atoms with Crippen LogP contribution in [0.2, 0.25) is 10.0 Å². The van der Waals surface area contributed by atoms with Crippen LogP contribution in [-0.2, 0) is 17.5 Å². The molecule has 0 amide bonds. The van der Waals surface area contributed by atoms with Crippen molar-refractivity contribution in [2.45, 2.75) is 83.1 Å². The van der Waals surface area contributed by atoms with E-state index in [0.717, 1.165) is 56.3 Å². The van der Waals surface area contributed by atoms with Gasteiger partial charge in [0.2, 0.25) is 0 Å². The number of nitrogens with zero attached hydrogens (tertiary/aromatic N) is 3. The van der Waals surface area contributed by atoms with Crippen LogP contribution in [0.1, 0.15) is 97.7 Å². The number of aromatic carboxylic acids is 1. The van der Waals surface area contributed by atoms with Crippen LogP contribution >= 0.6 is 23.2 Å². The Morgan fingerprint density at radius 1 is 1.13 bits per heavy atom. The fraction of sp³-hybridized carbons (Fsp3) is 0.412. The Kier molecular flexibility index (Phi) is 8.55. The lowest BCUT2D eigenvalue weighted by atomic mass is 9.69. The summed E-state index contributed by atoms with van der Waals surface area (Å²) in [6.45, 7) is 4.43. The minimum Gasteiger partial charge on any atom is -0.477 e. The Labute approximate surface area is 273 Å². The number of ether oxygens (including phenoxy) is 1. The number of halogens is 5. The molecule has 1 aromatic carbocycles. The number of fused-ring (bicyclic) bond motifs is 1. The smallest absolute Gasteiger partial charge is 0.417 e. The molecule has 240 valence electrons. The van der Waals surface area contributed by atoms with Crippen LogP contribution in [0.3, 0.4) is 0 Å². The number of hydrogen-bond acceptors (Lipinski definition) is 6. The van der Waals surface area contributed by atoms with E-state index in [9.17, 15) is 23.1 Å². The zero-order valence-electron chi connectivity index (χ0n) is 25.1. The summed E-state index contributed by atoms with van der Waals surface area (Å²) < 4.78 is 53.9. The molecule has 2 fully saturated rings. The van der Waals surface area contributed by atoms with E-state index in [4.69, 9.17) is 32.5 Å². The van der Waals surface area contributed by atoms with E-state index in [-0.39, 0.29) is 22.9 Å². The van der Waals surface area contributed by atoms with E-state index in [1.165, 1.54) is 24.5 Å². The molecule has 1 N–H and O–H groups in total. The van der Waals surface area contributed by atoms with Crippen molar-refractivity contribution in [2.24, 2.45) is 5.41 Å². The molecule has 0 saturated heterocycles. The summed E-state index contributed by atoms with van der Waals surface area (Å²) in [6, 6.07) is 4.83. The minimum atomic E-state index is -4.75. The predicted octanol–water partition coefficient (Wildman–Crippen LogP) is 9.48. The molecular weight excluding hydrogens is 642 g/mol. The summed E-state index contributed by atoms with van der Waals surface area (Å²) in [7, 11) is 0. The molecule has 0 aliphatic heterocycles. The molecule has 0 atom stereocenters. The van der Waals surface area contributed by atoms with Crippen molar-refractivity contribution < 1.29 is 32.3 Å². The summed E-state index contributed by atoms with van der Waals surface area (Å²) in [5.74, 6) is 5.95. The summed E-state index contributed by atoms with van der Waals surface area (Å²) in [5.41, 5.74) is -0.178. The molecular formula is C34H30Cl2F3N3O4. The summed E-state index contributed by atoms with van der Waals surface area (Å²) in [4.78, 5) is 19.3. The molecule has 4 aromatic rings. The highest BCUT2D eigenvalue weighted by molar-refractivity contribution is 6.38. The van der Waals surface area contributed by atoms with Gasteiger partial charge in [-0.15, -0.1) is 0 Å². The van der Waals surface area contributed by atoms with Gasteiger partial charge in [0, 0.05) is 45.8 Å². The quantitative estimate of drug-likeness (QED) is 0.195. The molecule has 12 heteroatoms. The number of carboxylic acid groups (broad SMARTS) is 1. The fourth-order valence-electron chi connectivity index (χ4n) is 6.04. The molecule has 3 heterocycles. The highest BCUT2D eigenvalue weighted by Gasteiger charge is 2.41. The van der Waals surface area contributed by atoms with Gasteiger partial charge in [0.15, 0.2) is 0 Å². The number of aromatic nitrogens is 3. The normalized spacial score (nSPS) is 21.6. The highest BCUT2D eigenvalue weighted by Crippen LogP contribution is 2.48. The van der Waals surface area contributed by atoms with Crippen LogP contribution in [0, 0.1) is 17.3 Å². The molecule has 6 rings (SSSR count). The predicted molar refractivity (Wildman–Crippen MR) is 167 cm³/mol. The summed E-state index contributed by atoms with van der Waals surface area (Å²) in [5, 5.41) is 14.1. The Morgan fingerprint density at radius 2 is 1.83 bits per heavy atom. The van der Waals surface area contributed by atoms with E-state index in [1.54, 1.807) is 6.07 Å². The molecule has 2 aliphatic rings. The average molecular weight is 673 g/mol. The lowest BCUT2D eigenvalue weighted by Crippen LogP contribution is -2.39. The van der Waals surface area contributed by atoms with Gasteiger partial charge in [0.05, 0.1) is 33.3 Å². The molecule has 2 saturated carbocycles. The third-order valence-corrected chi connectivity index (χ3v) is 9.70. The molecule has 3 aromatic heterocycles. The van der Waals surface area contributed by atoms with Gasteiger partial charge in [-0.3, -0.25) is 4.98 Å². The van der Waals surface area contributed by atoms with E-state index in [1.807, 2.05) is 0 Å². The van der Waals surface area contributed by atoms with Crippen molar-refractivity contribution in [1.29, 1.82) is 0 Å². The fourth-order valence-corrected chi connectivity index (χ4v) is 6.58. The number of alkyl halides is 3. The molecule has 46 heavy (non-hydrogen) atoms. The van der Waals surface area contributed by atoms with Crippen molar-refractivity contribution in [1.82, 2.24) is 15.1 Å². The number of hydrogen-bond donors (Lipinski definition) is 1. The zero-order chi connectivity index (χ0) is 32.9. The Balaban J connectivity index is 1.20. The monoisotopic (exact) mass is 671 g/mol. The first-order chi connectivity index (χ1) is 21.8. The first kappa shape index (κ1) is 32.3. The maximum absolute atomic E-state index is 13.8. The van der Waals surface area contributed by atoms with Gasteiger partial charge in [0.25, 0.3) is 0 Å². The van der Waals surface area contributed by atoms with Gasteiger partial charge in [-0.25, -0.2) is 9.78 Å².